The van der Waals surface area contributed by atoms with Gasteiger partial charge in [0.1, 0.15) is 5.76 Å². The molecule has 0 spiro atoms. The first-order chi connectivity index (χ1) is 10.9. The number of rotatable bonds is 6. The number of nitrogens with one attached hydrogen (secondary N) is 2. The van der Waals surface area contributed by atoms with Crippen LogP contribution in [0.4, 0.5) is 11.5 Å². The number of hydrogen-bond donors (Lipinski definition) is 2. The minimum absolute atomic E-state index is 0.162. The second-order valence-electron chi connectivity index (χ2n) is 4.82. The fourth-order valence-corrected chi connectivity index (χ4v) is 2.78. The van der Waals surface area contributed by atoms with E-state index in [4.69, 9.17) is 4.52 Å². The average molecular weight is 398 g/mol. The van der Waals surface area contributed by atoms with Crippen molar-refractivity contribution in [2.75, 3.05) is 16.4 Å². The first-order valence-electron chi connectivity index (χ1n) is 6.85. The van der Waals surface area contributed by atoms with E-state index in [1.165, 1.54) is 11.8 Å². The molecule has 8 heteroatoms. The maximum atomic E-state index is 12.0. The summed E-state index contributed by atoms with van der Waals surface area (Å²) in [5, 5.41) is 8.73. The molecular formula is C15H16BrN3O3S. The van der Waals surface area contributed by atoms with Crippen LogP contribution in [-0.2, 0) is 9.59 Å². The van der Waals surface area contributed by atoms with Crippen LogP contribution >= 0.6 is 27.7 Å². The highest BCUT2D eigenvalue weighted by Crippen LogP contribution is 2.17. The van der Waals surface area contributed by atoms with Gasteiger partial charge in [-0.05, 0) is 32.0 Å². The summed E-state index contributed by atoms with van der Waals surface area (Å²) in [7, 11) is 0. The number of hydrogen-bond acceptors (Lipinski definition) is 5. The van der Waals surface area contributed by atoms with Gasteiger partial charge in [-0.3, -0.25) is 9.59 Å². The highest BCUT2D eigenvalue weighted by molar-refractivity contribution is 9.10. The Balaban J connectivity index is 1.77. The van der Waals surface area contributed by atoms with Gasteiger partial charge < -0.3 is 15.2 Å². The van der Waals surface area contributed by atoms with Crippen molar-refractivity contribution < 1.29 is 14.1 Å². The van der Waals surface area contributed by atoms with E-state index in [0.29, 0.717) is 17.3 Å². The molecule has 0 bridgehead atoms. The third-order valence-corrected chi connectivity index (χ3v) is 4.46. The van der Waals surface area contributed by atoms with Gasteiger partial charge in [-0.1, -0.05) is 27.2 Å². The summed E-state index contributed by atoms with van der Waals surface area (Å²) in [6, 6.07) is 8.96. The van der Waals surface area contributed by atoms with E-state index in [-0.39, 0.29) is 22.8 Å². The number of amides is 2. The van der Waals surface area contributed by atoms with Crippen LogP contribution in [0.5, 0.6) is 0 Å². The summed E-state index contributed by atoms with van der Waals surface area (Å²) in [5.74, 6) is 0.787. The van der Waals surface area contributed by atoms with Crippen LogP contribution in [0.2, 0.25) is 0 Å². The van der Waals surface area contributed by atoms with Gasteiger partial charge in [0.15, 0.2) is 5.82 Å². The molecule has 1 atom stereocenters. The molecule has 0 fully saturated rings. The quantitative estimate of drug-likeness (QED) is 0.779. The molecular weight excluding hydrogens is 382 g/mol. The van der Waals surface area contributed by atoms with Crippen molar-refractivity contribution in [3.05, 3.63) is 40.6 Å². The van der Waals surface area contributed by atoms with Gasteiger partial charge in [0, 0.05) is 16.2 Å². The van der Waals surface area contributed by atoms with Crippen molar-refractivity contribution >= 4 is 51.0 Å². The molecule has 2 rings (SSSR count). The van der Waals surface area contributed by atoms with Crippen LogP contribution in [0, 0.1) is 6.92 Å². The minimum Gasteiger partial charge on any atom is -0.360 e. The summed E-state index contributed by atoms with van der Waals surface area (Å²) in [6.45, 7) is 3.48. The number of anilines is 2. The molecule has 2 amide bonds. The second kappa shape index (κ2) is 8.16. The van der Waals surface area contributed by atoms with Gasteiger partial charge in [-0.2, -0.15) is 0 Å². The Morgan fingerprint density at radius 3 is 2.78 bits per heavy atom. The highest BCUT2D eigenvalue weighted by atomic mass is 79.9. The first kappa shape index (κ1) is 17.6. The summed E-state index contributed by atoms with van der Waals surface area (Å²) < 4.78 is 5.77. The molecule has 1 aromatic carbocycles. The number of halogens is 1. The molecule has 2 aromatic rings. The summed E-state index contributed by atoms with van der Waals surface area (Å²) in [6.07, 6.45) is 0. The van der Waals surface area contributed by atoms with Crippen molar-refractivity contribution in [2.24, 2.45) is 0 Å². The molecule has 0 aliphatic rings. The van der Waals surface area contributed by atoms with Gasteiger partial charge in [0.25, 0.3) is 0 Å². The Labute approximate surface area is 146 Å². The van der Waals surface area contributed by atoms with Crippen LogP contribution in [0.1, 0.15) is 12.7 Å². The SMILES string of the molecule is Cc1cc(NC(=O)C(C)SCC(=O)Nc2cccc(Br)c2)no1. The van der Waals surface area contributed by atoms with Crippen LogP contribution < -0.4 is 10.6 Å². The zero-order valence-corrected chi connectivity index (χ0v) is 15.0. The lowest BCUT2D eigenvalue weighted by molar-refractivity contribution is -0.115. The van der Waals surface area contributed by atoms with Gasteiger partial charge >= 0.3 is 0 Å². The second-order valence-corrected chi connectivity index (χ2v) is 7.07. The Morgan fingerprint density at radius 2 is 2.13 bits per heavy atom. The fraction of sp³-hybridized carbons (Fsp3) is 0.267. The summed E-state index contributed by atoms with van der Waals surface area (Å²) in [4.78, 5) is 23.9. The van der Waals surface area contributed by atoms with Crippen LogP contribution in [0.15, 0.2) is 39.3 Å². The van der Waals surface area contributed by atoms with Crippen LogP contribution in [-0.4, -0.2) is 28.0 Å². The normalized spacial score (nSPS) is 11.8. The standard InChI is InChI=1S/C15H16BrN3O3S/c1-9-6-13(19-22-9)18-15(21)10(2)23-8-14(20)17-12-5-3-4-11(16)7-12/h3-7,10H,8H2,1-2H3,(H,17,20)(H,18,19,21). The number of aromatic nitrogens is 1. The Morgan fingerprint density at radius 1 is 1.35 bits per heavy atom. The largest absolute Gasteiger partial charge is 0.360 e. The van der Waals surface area contributed by atoms with E-state index in [0.717, 1.165) is 4.47 Å². The summed E-state index contributed by atoms with van der Waals surface area (Å²) >= 11 is 4.59. The number of aryl methyl sites for hydroxylation is 1. The van der Waals surface area contributed by atoms with Crippen molar-refractivity contribution in [3.8, 4) is 0 Å². The number of benzene rings is 1. The summed E-state index contributed by atoms with van der Waals surface area (Å²) in [5.41, 5.74) is 0.708. The topological polar surface area (TPSA) is 84.2 Å². The van der Waals surface area contributed by atoms with E-state index < -0.39 is 0 Å². The van der Waals surface area contributed by atoms with Crippen molar-refractivity contribution in [2.45, 2.75) is 19.1 Å². The lowest BCUT2D eigenvalue weighted by Crippen LogP contribution is -2.25. The monoisotopic (exact) mass is 397 g/mol. The van der Waals surface area contributed by atoms with Crippen molar-refractivity contribution in [1.82, 2.24) is 5.16 Å². The maximum Gasteiger partial charge on any atom is 0.238 e. The lowest BCUT2D eigenvalue weighted by atomic mass is 10.3. The molecule has 6 nitrogen and oxygen atoms in total. The number of carbonyl (C=O) groups excluding carboxylic acids is 2. The lowest BCUT2D eigenvalue weighted by Gasteiger charge is -2.10. The van der Waals surface area contributed by atoms with Crippen molar-refractivity contribution in [3.63, 3.8) is 0 Å². The molecule has 0 saturated carbocycles. The predicted octanol–water partition coefficient (Wildman–Crippen LogP) is 3.44. The number of carbonyl (C=O) groups is 2. The third-order valence-electron chi connectivity index (χ3n) is 2.82. The molecule has 0 saturated heterocycles. The Kier molecular flexibility index (Phi) is 6.23. The first-order valence-corrected chi connectivity index (χ1v) is 8.69. The Hall–Kier alpha value is -1.80. The van der Waals surface area contributed by atoms with E-state index in [2.05, 4.69) is 31.7 Å². The van der Waals surface area contributed by atoms with Crippen molar-refractivity contribution in [1.29, 1.82) is 0 Å². The number of thioether (sulfide) groups is 1. The number of nitrogens with zero attached hydrogens (tertiary/aromatic N) is 1. The van der Waals surface area contributed by atoms with Gasteiger partial charge in [0.2, 0.25) is 11.8 Å². The molecule has 122 valence electrons. The van der Waals surface area contributed by atoms with E-state index in [9.17, 15) is 9.59 Å². The maximum absolute atomic E-state index is 12.0. The zero-order valence-electron chi connectivity index (χ0n) is 12.6. The predicted molar refractivity (Wildman–Crippen MR) is 94.6 cm³/mol. The Bertz CT molecular complexity index is 705. The van der Waals surface area contributed by atoms with Crippen LogP contribution in [0.3, 0.4) is 0 Å². The van der Waals surface area contributed by atoms with Crippen LogP contribution in [0.25, 0.3) is 0 Å². The highest BCUT2D eigenvalue weighted by Gasteiger charge is 2.16. The molecule has 0 aliphatic heterocycles. The van der Waals surface area contributed by atoms with Gasteiger partial charge in [-0.25, -0.2) is 0 Å². The smallest absolute Gasteiger partial charge is 0.238 e. The fourth-order valence-electron chi connectivity index (χ4n) is 1.69. The molecule has 2 N–H and O–H groups in total. The third kappa shape index (κ3) is 5.72. The molecule has 0 radical (unpaired) electrons. The van der Waals surface area contributed by atoms with E-state index >= 15 is 0 Å². The zero-order chi connectivity index (χ0) is 16.8. The van der Waals surface area contributed by atoms with Gasteiger partial charge in [-0.15, -0.1) is 11.8 Å². The molecule has 1 unspecified atom stereocenters. The molecule has 23 heavy (non-hydrogen) atoms. The molecule has 1 aromatic heterocycles. The average Bonchev–Trinajstić information content (AvgIpc) is 2.90. The molecule has 1 heterocycles. The van der Waals surface area contributed by atoms with E-state index in [1.54, 1.807) is 26.0 Å². The van der Waals surface area contributed by atoms with Gasteiger partial charge in [0.05, 0.1) is 11.0 Å². The minimum atomic E-state index is -0.389. The van der Waals surface area contributed by atoms with E-state index in [1.807, 2.05) is 18.2 Å². The molecule has 0 aliphatic carbocycles.